The van der Waals surface area contributed by atoms with Crippen LogP contribution >= 0.6 is 0 Å². The van der Waals surface area contributed by atoms with Crippen molar-refractivity contribution in [2.45, 2.75) is 45.3 Å². The molecule has 8 heteroatoms. The van der Waals surface area contributed by atoms with E-state index < -0.39 is 12.7 Å². The maximum atomic E-state index is 12.4. The summed E-state index contributed by atoms with van der Waals surface area (Å²) >= 11 is 0. The number of aromatic amines is 1. The number of benzene rings is 1. The number of rotatable bonds is 3. The molecule has 0 aliphatic carbocycles. The number of carbonyl (C=O) groups excluding carboxylic acids is 1. The lowest BCUT2D eigenvalue weighted by atomic mass is 9.80. The van der Waals surface area contributed by atoms with Crippen LogP contribution in [0, 0.1) is 0 Å². The highest BCUT2D eigenvalue weighted by molar-refractivity contribution is 6.58. The van der Waals surface area contributed by atoms with Crippen LogP contribution in [0.1, 0.15) is 45.3 Å². The molecule has 1 aliphatic rings. The first-order valence-electron chi connectivity index (χ1n) is 8.75. The number of imidazole rings is 1. The molecule has 1 amide bonds. The number of nitrogens with zero attached hydrogens (tertiary/aromatic N) is 2. The molecule has 3 rings (SSSR count). The van der Waals surface area contributed by atoms with E-state index >= 15 is 0 Å². The van der Waals surface area contributed by atoms with Crippen molar-refractivity contribution >= 4 is 18.7 Å². The van der Waals surface area contributed by atoms with E-state index in [2.05, 4.69) is 9.97 Å². The van der Waals surface area contributed by atoms with Gasteiger partial charge in [0, 0.05) is 12.1 Å². The Morgan fingerprint density at radius 3 is 2.62 bits per heavy atom. The van der Waals surface area contributed by atoms with Gasteiger partial charge in [-0.3, -0.25) is 4.90 Å². The zero-order chi connectivity index (χ0) is 18.9. The van der Waals surface area contributed by atoms with E-state index in [1.807, 2.05) is 20.8 Å². The van der Waals surface area contributed by atoms with Crippen molar-refractivity contribution in [2.75, 3.05) is 6.54 Å². The van der Waals surface area contributed by atoms with Crippen molar-refractivity contribution in [3.05, 3.63) is 36.2 Å². The molecule has 7 nitrogen and oxygen atoms in total. The second-order valence-corrected chi connectivity index (χ2v) is 7.51. The summed E-state index contributed by atoms with van der Waals surface area (Å²) in [5.41, 5.74) is 1.60. The molecule has 26 heavy (non-hydrogen) atoms. The van der Waals surface area contributed by atoms with E-state index in [0.717, 1.165) is 24.1 Å². The van der Waals surface area contributed by atoms with Gasteiger partial charge in [0.15, 0.2) is 0 Å². The van der Waals surface area contributed by atoms with E-state index in [9.17, 15) is 14.8 Å². The maximum Gasteiger partial charge on any atom is 0.488 e. The zero-order valence-corrected chi connectivity index (χ0v) is 15.3. The van der Waals surface area contributed by atoms with Crippen LogP contribution in [-0.4, -0.2) is 50.3 Å². The number of ether oxygens (including phenoxy) is 1. The second-order valence-electron chi connectivity index (χ2n) is 7.51. The van der Waals surface area contributed by atoms with Crippen LogP contribution in [-0.2, 0) is 4.74 Å². The van der Waals surface area contributed by atoms with E-state index in [1.54, 1.807) is 35.4 Å². The Labute approximate surface area is 153 Å². The molecular formula is C18H24BN3O4. The molecule has 0 bridgehead atoms. The number of hydrogen-bond donors (Lipinski definition) is 3. The fourth-order valence-electron chi connectivity index (χ4n) is 3.09. The summed E-state index contributed by atoms with van der Waals surface area (Å²) in [6.45, 7) is 6.24. The predicted octanol–water partition coefficient (Wildman–Crippen LogP) is 1.83. The van der Waals surface area contributed by atoms with Gasteiger partial charge in [-0.15, -0.1) is 0 Å². The first kappa shape index (κ1) is 18.5. The predicted molar refractivity (Wildman–Crippen MR) is 98.8 cm³/mol. The van der Waals surface area contributed by atoms with Crippen LogP contribution in [0.3, 0.4) is 0 Å². The van der Waals surface area contributed by atoms with Gasteiger partial charge in [-0.05, 0) is 39.1 Å². The summed E-state index contributed by atoms with van der Waals surface area (Å²) in [6.07, 6.45) is 3.22. The second kappa shape index (κ2) is 7.13. The molecule has 1 atom stereocenters. The Balaban J connectivity index is 1.77. The Bertz CT molecular complexity index is 767. The van der Waals surface area contributed by atoms with Gasteiger partial charge in [-0.25, -0.2) is 9.78 Å². The molecule has 2 aromatic rings. The number of amides is 1. The van der Waals surface area contributed by atoms with Gasteiger partial charge in [0.05, 0.1) is 17.9 Å². The molecule has 1 aliphatic heterocycles. The van der Waals surface area contributed by atoms with Gasteiger partial charge < -0.3 is 19.8 Å². The Hall–Kier alpha value is -2.32. The van der Waals surface area contributed by atoms with Crippen molar-refractivity contribution in [1.82, 2.24) is 14.9 Å². The number of likely N-dealkylation sites (tertiary alicyclic amines) is 1. The molecule has 0 spiro atoms. The summed E-state index contributed by atoms with van der Waals surface area (Å²) < 4.78 is 5.51. The maximum absolute atomic E-state index is 12.4. The number of nitrogens with one attached hydrogen (secondary N) is 1. The van der Waals surface area contributed by atoms with E-state index in [0.29, 0.717) is 17.8 Å². The highest BCUT2D eigenvalue weighted by Crippen LogP contribution is 2.33. The molecule has 1 aromatic carbocycles. The molecule has 1 fully saturated rings. The largest absolute Gasteiger partial charge is 0.488 e. The minimum absolute atomic E-state index is 0.0790. The van der Waals surface area contributed by atoms with Crippen LogP contribution < -0.4 is 5.46 Å². The third-order valence-electron chi connectivity index (χ3n) is 4.32. The minimum Gasteiger partial charge on any atom is -0.444 e. The standard InChI is InChI=1S/C18H24BN3O4/c1-18(2,3)26-17(23)22-10-4-5-15(22)14-11-20-16(21-14)12-6-8-13(9-7-12)19(24)25/h6-9,11,15,24-25H,4-5,10H2,1-3H3,(H,20,21). The number of aromatic nitrogens is 2. The third-order valence-corrected chi connectivity index (χ3v) is 4.32. The number of carbonyl (C=O) groups is 1. The molecule has 2 heterocycles. The number of hydrogen-bond acceptors (Lipinski definition) is 5. The summed E-state index contributed by atoms with van der Waals surface area (Å²) in [5, 5.41) is 18.4. The molecule has 1 saturated heterocycles. The van der Waals surface area contributed by atoms with Crippen molar-refractivity contribution < 1.29 is 19.6 Å². The van der Waals surface area contributed by atoms with Gasteiger partial charge in [-0.1, -0.05) is 24.3 Å². The summed E-state index contributed by atoms with van der Waals surface area (Å²) in [7, 11) is -1.49. The van der Waals surface area contributed by atoms with Crippen molar-refractivity contribution in [2.24, 2.45) is 0 Å². The zero-order valence-electron chi connectivity index (χ0n) is 15.3. The van der Waals surface area contributed by atoms with E-state index in [1.165, 1.54) is 0 Å². The molecule has 0 saturated carbocycles. The van der Waals surface area contributed by atoms with Crippen LogP contribution in [0.15, 0.2) is 30.5 Å². The normalized spacial score (nSPS) is 17.4. The van der Waals surface area contributed by atoms with Gasteiger partial charge in [0.25, 0.3) is 0 Å². The summed E-state index contributed by atoms with van der Waals surface area (Å²) in [6, 6.07) is 6.76. The smallest absolute Gasteiger partial charge is 0.444 e. The first-order valence-corrected chi connectivity index (χ1v) is 8.75. The highest BCUT2D eigenvalue weighted by Gasteiger charge is 2.34. The Kier molecular flexibility index (Phi) is 5.07. The Morgan fingerprint density at radius 1 is 1.31 bits per heavy atom. The summed E-state index contributed by atoms with van der Waals surface area (Å²) in [5.74, 6) is 0.676. The topological polar surface area (TPSA) is 98.7 Å². The van der Waals surface area contributed by atoms with Crippen LogP contribution in [0.2, 0.25) is 0 Å². The van der Waals surface area contributed by atoms with E-state index in [-0.39, 0.29) is 12.1 Å². The lowest BCUT2D eigenvalue weighted by Gasteiger charge is -2.28. The summed E-state index contributed by atoms with van der Waals surface area (Å²) in [4.78, 5) is 21.9. The quantitative estimate of drug-likeness (QED) is 0.728. The molecule has 0 radical (unpaired) electrons. The lowest BCUT2D eigenvalue weighted by molar-refractivity contribution is 0.0222. The van der Waals surface area contributed by atoms with Crippen molar-refractivity contribution in [1.29, 1.82) is 0 Å². The lowest BCUT2D eigenvalue weighted by Crippen LogP contribution is -2.36. The average molecular weight is 357 g/mol. The molecular weight excluding hydrogens is 333 g/mol. The van der Waals surface area contributed by atoms with Crippen LogP contribution in [0.5, 0.6) is 0 Å². The molecule has 138 valence electrons. The van der Waals surface area contributed by atoms with E-state index in [4.69, 9.17) is 4.74 Å². The first-order chi connectivity index (χ1) is 12.2. The molecule has 1 unspecified atom stereocenters. The van der Waals surface area contributed by atoms with Crippen molar-refractivity contribution in [3.63, 3.8) is 0 Å². The van der Waals surface area contributed by atoms with Crippen LogP contribution in [0.4, 0.5) is 4.79 Å². The minimum atomic E-state index is -1.49. The highest BCUT2D eigenvalue weighted by atomic mass is 16.6. The fraction of sp³-hybridized carbons (Fsp3) is 0.444. The van der Waals surface area contributed by atoms with Gasteiger partial charge in [0.2, 0.25) is 0 Å². The Morgan fingerprint density at radius 2 is 2.00 bits per heavy atom. The molecule has 1 aromatic heterocycles. The van der Waals surface area contributed by atoms with Gasteiger partial charge in [-0.2, -0.15) is 0 Å². The van der Waals surface area contributed by atoms with Gasteiger partial charge >= 0.3 is 13.2 Å². The monoisotopic (exact) mass is 357 g/mol. The number of H-pyrrole nitrogens is 1. The van der Waals surface area contributed by atoms with Crippen molar-refractivity contribution in [3.8, 4) is 11.4 Å². The van der Waals surface area contributed by atoms with Crippen LogP contribution in [0.25, 0.3) is 11.4 Å². The SMILES string of the molecule is CC(C)(C)OC(=O)N1CCCC1c1cnc(-c2ccc(B(O)O)cc2)[nH]1. The average Bonchev–Trinajstić information content (AvgIpc) is 3.22. The third kappa shape index (κ3) is 4.08. The fourth-order valence-corrected chi connectivity index (χ4v) is 3.09. The molecule has 3 N–H and O–H groups in total. The van der Waals surface area contributed by atoms with Gasteiger partial charge in [0.1, 0.15) is 11.4 Å².